The molecule has 0 saturated heterocycles. The van der Waals surface area contributed by atoms with Gasteiger partial charge in [0.2, 0.25) is 0 Å². The van der Waals surface area contributed by atoms with E-state index in [2.05, 4.69) is 4.74 Å². The summed E-state index contributed by atoms with van der Waals surface area (Å²) in [6, 6.07) is -15.6. The third kappa shape index (κ3) is 19.0. The van der Waals surface area contributed by atoms with Gasteiger partial charge in [0.25, 0.3) is 0 Å². The predicted molar refractivity (Wildman–Crippen MR) is 171 cm³/mol. The number of nitrogens with one attached hydrogen (secondary N) is 2. The zero-order chi connectivity index (χ0) is 45.4. The van der Waals surface area contributed by atoms with Gasteiger partial charge in [-0.05, 0) is 66.0 Å². The van der Waals surface area contributed by atoms with Crippen LogP contribution in [0.15, 0.2) is 60.4 Å². The molecule has 0 saturated carbocycles. The molecule has 11 heteroatoms. The molecular formula is C30H48N2O7S2. The Hall–Kier alpha value is -2.89. The first kappa shape index (κ1) is 17.9. The lowest BCUT2D eigenvalue weighted by Crippen LogP contribution is -2.36. The van der Waals surface area contributed by atoms with E-state index >= 15 is 0 Å². The Morgan fingerprint density at radius 3 is 1.59 bits per heavy atom. The van der Waals surface area contributed by atoms with Crippen LogP contribution in [0.4, 0.5) is 9.59 Å². The summed E-state index contributed by atoms with van der Waals surface area (Å²) in [5, 5.41) is 13.3. The number of carbonyl (C=O) groups excluding carboxylic acids is 3. The fraction of sp³-hybridized carbons (Fsp3) is 0.500. The summed E-state index contributed by atoms with van der Waals surface area (Å²) in [6.45, 7) is 6.29. The standard InChI is InChI=1S/C16H23NO4.C14H21NO3.2H2S/c1-5-20-14(18)11-13(12-9-7-6-8-10-12)17-15(19)21-16(2,3)4;1-14(2,3)18-13(17)15-12(9-10-16)11-7-5-4-6-8-11;;/h6-10,13H,5,11H2,1-4H3,(H,17,19);4-8,12,16H,9-10H2,1-3H3,(H,15,17);2*1H2/t13-;12-;;/m00../s1/i6D,7D,8D,9D,10D,11D2,13D;4D,5D,6D,7D,8D,9D2,10D2,12D;;. The van der Waals surface area contributed by atoms with E-state index in [1.165, 1.54) is 48.5 Å². The molecule has 0 fully saturated rings. The van der Waals surface area contributed by atoms with Gasteiger partial charge in [0, 0.05) is 12.0 Å². The van der Waals surface area contributed by atoms with Gasteiger partial charge in [0.1, 0.15) is 11.2 Å². The second-order valence-corrected chi connectivity index (χ2v) is 9.09. The van der Waals surface area contributed by atoms with Crippen molar-refractivity contribution >= 4 is 45.1 Å². The van der Waals surface area contributed by atoms with Crippen molar-refractivity contribution in [2.24, 2.45) is 0 Å². The molecule has 0 aliphatic rings. The van der Waals surface area contributed by atoms with Crippen LogP contribution in [0.5, 0.6) is 0 Å². The van der Waals surface area contributed by atoms with Crippen LogP contribution >= 0.6 is 27.0 Å². The summed E-state index contributed by atoms with van der Waals surface area (Å²) in [5.41, 5.74) is -4.16. The molecule has 2 rings (SSSR count). The molecule has 0 radical (unpaired) electrons. The lowest BCUT2D eigenvalue weighted by atomic mass is 10.0. The number of alkyl carbamates (subject to hydrolysis) is 2. The van der Waals surface area contributed by atoms with Gasteiger partial charge in [0.15, 0.2) is 0 Å². The molecule has 3 N–H and O–H groups in total. The number of rotatable bonds is 9. The van der Waals surface area contributed by atoms with Crippen molar-refractivity contribution in [2.45, 2.75) is 84.4 Å². The molecule has 9 nitrogen and oxygen atoms in total. The minimum absolute atomic E-state index is 0. The second-order valence-electron chi connectivity index (χ2n) is 9.09. The lowest BCUT2D eigenvalue weighted by Gasteiger charge is -2.23. The van der Waals surface area contributed by atoms with Crippen molar-refractivity contribution in [3.05, 3.63) is 71.6 Å². The van der Waals surface area contributed by atoms with Crippen LogP contribution in [0.25, 0.3) is 0 Å². The number of hydrogen-bond acceptors (Lipinski definition) is 7. The van der Waals surface area contributed by atoms with Crippen molar-refractivity contribution in [1.82, 2.24) is 10.6 Å². The van der Waals surface area contributed by atoms with Crippen LogP contribution in [-0.2, 0) is 19.0 Å². The Morgan fingerprint density at radius 2 is 1.22 bits per heavy atom. The molecule has 2 atom stereocenters. The summed E-state index contributed by atoms with van der Waals surface area (Å²) in [5.74, 6) is -1.56. The number of esters is 1. The first-order valence-electron chi connectivity index (χ1n) is 20.4. The largest absolute Gasteiger partial charge is 0.466 e. The molecule has 0 unspecified atom stereocenters. The van der Waals surface area contributed by atoms with Crippen LogP contribution in [-0.4, -0.2) is 47.6 Å². The third-order valence-electron chi connectivity index (χ3n) is 3.44. The first-order chi connectivity index (χ1) is 25.3. The Kier molecular flexibility index (Phi) is 8.77. The van der Waals surface area contributed by atoms with Crippen LogP contribution in [0.2, 0.25) is 0 Å². The highest BCUT2D eigenvalue weighted by molar-refractivity contribution is 7.59. The van der Waals surface area contributed by atoms with Gasteiger partial charge < -0.3 is 30.0 Å². The van der Waals surface area contributed by atoms with E-state index in [1.54, 1.807) is 5.32 Å². The van der Waals surface area contributed by atoms with E-state index in [4.69, 9.17) is 34.1 Å². The van der Waals surface area contributed by atoms with E-state index in [9.17, 15) is 19.5 Å². The van der Waals surface area contributed by atoms with Gasteiger partial charge >= 0.3 is 18.2 Å². The Labute approximate surface area is 283 Å². The summed E-state index contributed by atoms with van der Waals surface area (Å²) >= 11 is 0. The van der Waals surface area contributed by atoms with E-state index in [0.717, 1.165) is 0 Å². The van der Waals surface area contributed by atoms with Crippen LogP contribution in [0.1, 0.15) is 109 Å². The average molecular weight is 631 g/mol. The summed E-state index contributed by atoms with van der Waals surface area (Å²) in [7, 11) is 0. The van der Waals surface area contributed by atoms with Gasteiger partial charge in [-0.2, -0.15) is 27.0 Å². The first-order valence-corrected chi connectivity index (χ1v) is 11.4. The normalized spacial score (nSPS) is 20.9. The minimum Gasteiger partial charge on any atom is -0.466 e. The van der Waals surface area contributed by atoms with Gasteiger partial charge in [-0.1, -0.05) is 60.4 Å². The van der Waals surface area contributed by atoms with Crippen LogP contribution in [0, 0.1) is 0 Å². The molecule has 0 aliphatic heterocycles. The Morgan fingerprint density at radius 1 is 0.829 bits per heavy atom. The van der Waals surface area contributed by atoms with Gasteiger partial charge in [-0.25, -0.2) is 9.59 Å². The zero-order valence-electron chi connectivity index (χ0n) is 41.6. The van der Waals surface area contributed by atoms with Gasteiger partial charge in [-0.3, -0.25) is 4.79 Å². The van der Waals surface area contributed by atoms with Gasteiger partial charge in [0.05, 0.1) is 44.2 Å². The number of hydrogen-bond donors (Lipinski definition) is 3. The van der Waals surface area contributed by atoms with E-state index in [-0.39, 0.29) is 33.6 Å². The van der Waals surface area contributed by atoms with Crippen molar-refractivity contribution < 1.29 is 58.4 Å². The Bertz CT molecular complexity index is 1830. The molecule has 232 valence electrons. The number of carbonyl (C=O) groups is 3. The van der Waals surface area contributed by atoms with Crippen molar-refractivity contribution in [3.63, 3.8) is 0 Å². The lowest BCUT2D eigenvalue weighted by molar-refractivity contribution is -0.143. The zero-order valence-corrected chi connectivity index (χ0v) is 25.6. The smallest absolute Gasteiger partial charge is 0.408 e. The van der Waals surface area contributed by atoms with E-state index in [1.807, 2.05) is 5.32 Å². The molecule has 0 spiro atoms. The minimum atomic E-state index is -3.74. The highest BCUT2D eigenvalue weighted by Gasteiger charge is 2.23. The Balaban J connectivity index is 0. The van der Waals surface area contributed by atoms with E-state index < -0.39 is 132 Å². The summed E-state index contributed by atoms with van der Waals surface area (Å²) in [6.07, 6.45) is -9.74. The molecular weight excluding hydrogens is 564 g/mol. The van der Waals surface area contributed by atoms with Crippen molar-refractivity contribution in [3.8, 4) is 0 Å². The molecule has 2 aromatic carbocycles. The van der Waals surface area contributed by atoms with Crippen LogP contribution in [0.3, 0.4) is 0 Å². The van der Waals surface area contributed by atoms with Crippen molar-refractivity contribution in [2.75, 3.05) is 13.2 Å². The quantitative estimate of drug-likeness (QED) is 0.227. The fourth-order valence-corrected chi connectivity index (χ4v) is 2.20. The van der Waals surface area contributed by atoms with E-state index in [0.29, 0.717) is 0 Å². The molecule has 0 heterocycles. The second kappa shape index (κ2) is 20.1. The SMILES string of the molecule is S.S.[2H]c1c([2H])c([2H])c([C@@]([2H])(NC(=O)OC(C)(C)C)C([2H])([2H])C(=O)OCC)c([2H])c1[2H].[2H]c1c([2H])c([2H])c([C@@]([2H])(NC(=O)OC(C)(C)C)C([2H])([2H])C([2H])([2H])O)c([2H])c1[2H]. The summed E-state index contributed by atoms with van der Waals surface area (Å²) in [4.78, 5) is 36.8. The fourth-order valence-electron chi connectivity index (χ4n) is 2.20. The molecule has 0 bridgehead atoms. The molecule has 2 amide bonds. The number of amides is 2. The summed E-state index contributed by atoms with van der Waals surface area (Å²) < 4.78 is 157. The number of ether oxygens (including phenoxy) is 3. The maximum Gasteiger partial charge on any atom is 0.408 e. The topological polar surface area (TPSA) is 123 Å². The molecule has 0 aliphatic carbocycles. The third-order valence-corrected chi connectivity index (χ3v) is 3.44. The average Bonchev–Trinajstić information content (AvgIpc) is 3.02. The van der Waals surface area contributed by atoms with Gasteiger partial charge in [-0.15, -0.1) is 0 Å². The number of aliphatic hydroxyl groups is 1. The number of benzene rings is 2. The highest BCUT2D eigenvalue weighted by atomic mass is 32.1. The molecule has 0 aromatic heterocycles. The van der Waals surface area contributed by atoms with Crippen molar-refractivity contribution in [1.29, 1.82) is 0 Å². The maximum absolute atomic E-state index is 12.3. The molecule has 41 heavy (non-hydrogen) atoms. The molecule has 2 aromatic rings. The maximum atomic E-state index is 12.3. The highest BCUT2D eigenvalue weighted by Crippen LogP contribution is 2.19. The van der Waals surface area contributed by atoms with Crippen LogP contribution < -0.4 is 10.6 Å². The predicted octanol–water partition coefficient (Wildman–Crippen LogP) is 6.07. The monoisotopic (exact) mass is 630 g/mol.